The number of rotatable bonds is 3. The Labute approximate surface area is 124 Å². The molecule has 3 rings (SSSR count). The summed E-state index contributed by atoms with van der Waals surface area (Å²) in [6, 6.07) is 2.73. The molecule has 0 radical (unpaired) electrons. The first-order valence-corrected chi connectivity index (χ1v) is 7.58. The number of hydrogen-bond acceptors (Lipinski definition) is 5. The molecule has 6 heteroatoms. The van der Waals surface area contributed by atoms with E-state index in [4.69, 9.17) is 9.15 Å². The topological polar surface area (TPSA) is 66.7 Å². The Kier molecular flexibility index (Phi) is 4.17. The number of furan rings is 1. The number of piperidine rings is 1. The number of nitrogens with zero attached hydrogens (tertiary/aromatic N) is 1. The molecule has 2 aliphatic rings. The Morgan fingerprint density at radius 1 is 1.52 bits per heavy atom. The fraction of sp³-hybridized carbons (Fsp3) is 0.667. The molecule has 0 bridgehead atoms. The van der Waals surface area contributed by atoms with E-state index in [9.17, 15) is 4.79 Å². The van der Waals surface area contributed by atoms with Crippen LogP contribution in [0.5, 0.6) is 0 Å². The summed E-state index contributed by atoms with van der Waals surface area (Å²) < 4.78 is 10.4. The quantitative estimate of drug-likeness (QED) is 0.885. The van der Waals surface area contributed by atoms with Gasteiger partial charge in [0.15, 0.2) is 0 Å². The lowest BCUT2D eigenvalue weighted by Gasteiger charge is -2.44. The Morgan fingerprint density at radius 2 is 2.38 bits per heavy atom. The third-order valence-electron chi connectivity index (χ3n) is 4.40. The highest BCUT2D eigenvalue weighted by Crippen LogP contribution is 2.27. The first-order valence-electron chi connectivity index (χ1n) is 7.58. The van der Waals surface area contributed by atoms with Crippen LogP contribution < -0.4 is 10.6 Å². The van der Waals surface area contributed by atoms with Gasteiger partial charge in [-0.05, 0) is 18.4 Å². The zero-order chi connectivity index (χ0) is 14.8. The van der Waals surface area contributed by atoms with Crippen LogP contribution in [0, 0.1) is 5.92 Å². The largest absolute Gasteiger partial charge is 0.472 e. The molecule has 1 aromatic rings. The van der Waals surface area contributed by atoms with Crippen LogP contribution in [-0.2, 0) is 11.3 Å². The average Bonchev–Trinajstić information content (AvgIpc) is 3.14. The molecule has 3 atom stereocenters. The van der Waals surface area contributed by atoms with Crippen LogP contribution in [0.15, 0.2) is 23.0 Å². The second-order valence-corrected chi connectivity index (χ2v) is 6.12. The number of carbonyl (C=O) groups is 1. The van der Waals surface area contributed by atoms with Crippen molar-refractivity contribution in [1.82, 2.24) is 15.5 Å². The normalized spacial score (nSPS) is 28.7. The van der Waals surface area contributed by atoms with Crippen molar-refractivity contribution in [3.05, 3.63) is 24.2 Å². The van der Waals surface area contributed by atoms with E-state index in [0.29, 0.717) is 18.0 Å². The molecule has 0 aromatic carbocycles. The van der Waals surface area contributed by atoms with Crippen molar-refractivity contribution < 1.29 is 13.9 Å². The van der Waals surface area contributed by atoms with Crippen LogP contribution in [0.4, 0.5) is 4.79 Å². The van der Waals surface area contributed by atoms with Crippen molar-refractivity contribution in [3.63, 3.8) is 0 Å². The van der Waals surface area contributed by atoms with E-state index in [0.717, 1.165) is 25.2 Å². The minimum Gasteiger partial charge on any atom is -0.472 e. The lowest BCUT2D eigenvalue weighted by atomic mass is 9.86. The maximum Gasteiger partial charge on any atom is 0.410 e. The van der Waals surface area contributed by atoms with Crippen LogP contribution in [0.1, 0.15) is 25.8 Å². The fourth-order valence-corrected chi connectivity index (χ4v) is 3.43. The summed E-state index contributed by atoms with van der Waals surface area (Å²) in [5.74, 6) is 0.381. The summed E-state index contributed by atoms with van der Waals surface area (Å²) in [6.07, 6.45) is 3.91. The number of carbonyl (C=O) groups excluding carboxylic acids is 1. The van der Waals surface area contributed by atoms with Gasteiger partial charge in [-0.25, -0.2) is 4.79 Å². The smallest absolute Gasteiger partial charge is 0.410 e. The molecule has 0 saturated carbocycles. The standard InChI is InChI=1S/C15H23N3O3/c1-10(2)14-13-12(16-9-17-13)3-5-18(14)15(19)21-8-11-4-6-20-7-11/h4,6-7,10,12-14,16-17H,3,5,8-9H2,1-2H3. The van der Waals surface area contributed by atoms with Crippen molar-refractivity contribution >= 4 is 6.09 Å². The highest BCUT2D eigenvalue weighted by atomic mass is 16.6. The van der Waals surface area contributed by atoms with Crippen LogP contribution >= 0.6 is 0 Å². The van der Waals surface area contributed by atoms with Gasteiger partial charge in [0.25, 0.3) is 0 Å². The van der Waals surface area contributed by atoms with Crippen molar-refractivity contribution in [3.8, 4) is 0 Å². The first kappa shape index (κ1) is 14.4. The van der Waals surface area contributed by atoms with Crippen molar-refractivity contribution in [2.45, 2.75) is 45.0 Å². The maximum atomic E-state index is 12.4. The van der Waals surface area contributed by atoms with Crippen molar-refractivity contribution in [1.29, 1.82) is 0 Å². The minimum absolute atomic E-state index is 0.163. The molecule has 0 spiro atoms. The molecule has 21 heavy (non-hydrogen) atoms. The van der Waals surface area contributed by atoms with Gasteiger partial charge in [0.1, 0.15) is 6.61 Å². The number of nitrogens with one attached hydrogen (secondary N) is 2. The van der Waals surface area contributed by atoms with Gasteiger partial charge in [-0.1, -0.05) is 13.8 Å². The molecule has 1 amide bonds. The number of amides is 1. The lowest BCUT2D eigenvalue weighted by molar-refractivity contribution is 0.0422. The van der Waals surface area contributed by atoms with E-state index in [2.05, 4.69) is 24.5 Å². The Bertz CT molecular complexity index is 475. The lowest BCUT2D eigenvalue weighted by Crippen LogP contribution is -2.61. The Morgan fingerprint density at radius 3 is 3.10 bits per heavy atom. The van der Waals surface area contributed by atoms with Crippen molar-refractivity contribution in [2.75, 3.05) is 13.2 Å². The third-order valence-corrected chi connectivity index (χ3v) is 4.40. The van der Waals surface area contributed by atoms with Gasteiger partial charge in [-0.3, -0.25) is 10.6 Å². The van der Waals surface area contributed by atoms with Crippen LogP contribution in [0.2, 0.25) is 0 Å². The zero-order valence-corrected chi connectivity index (χ0v) is 12.5. The van der Waals surface area contributed by atoms with Gasteiger partial charge >= 0.3 is 6.09 Å². The molecule has 2 aliphatic heterocycles. The number of likely N-dealkylation sites (tertiary alicyclic amines) is 1. The van der Waals surface area contributed by atoms with E-state index in [-0.39, 0.29) is 18.7 Å². The molecule has 2 fully saturated rings. The molecule has 0 aliphatic carbocycles. The molecular weight excluding hydrogens is 270 g/mol. The van der Waals surface area contributed by atoms with Crippen LogP contribution in [-0.4, -0.2) is 42.3 Å². The van der Waals surface area contributed by atoms with E-state index in [1.165, 1.54) is 0 Å². The minimum atomic E-state index is -0.234. The molecule has 2 saturated heterocycles. The summed E-state index contributed by atoms with van der Waals surface area (Å²) >= 11 is 0. The number of hydrogen-bond donors (Lipinski definition) is 2. The van der Waals surface area contributed by atoms with E-state index in [1.807, 2.05) is 11.0 Å². The molecule has 1 aromatic heterocycles. The molecule has 3 unspecified atom stereocenters. The molecular formula is C15H23N3O3. The summed E-state index contributed by atoms with van der Waals surface area (Å²) in [7, 11) is 0. The summed E-state index contributed by atoms with van der Waals surface area (Å²) in [4.78, 5) is 14.3. The summed E-state index contributed by atoms with van der Waals surface area (Å²) in [5, 5.41) is 6.92. The molecule has 3 heterocycles. The second kappa shape index (κ2) is 6.07. The van der Waals surface area contributed by atoms with Crippen LogP contribution in [0.25, 0.3) is 0 Å². The SMILES string of the molecule is CC(C)C1C2NCNC2CCN1C(=O)OCc1ccoc1. The van der Waals surface area contributed by atoms with Gasteiger partial charge in [-0.15, -0.1) is 0 Å². The predicted molar refractivity (Wildman–Crippen MR) is 77.6 cm³/mol. The monoisotopic (exact) mass is 293 g/mol. The maximum absolute atomic E-state index is 12.4. The van der Waals surface area contributed by atoms with Crippen molar-refractivity contribution in [2.24, 2.45) is 5.92 Å². The van der Waals surface area contributed by atoms with E-state index in [1.54, 1.807) is 12.5 Å². The number of fused-ring (bicyclic) bond motifs is 1. The number of ether oxygens (including phenoxy) is 1. The summed E-state index contributed by atoms with van der Waals surface area (Å²) in [5.41, 5.74) is 0.875. The highest BCUT2D eigenvalue weighted by Gasteiger charge is 2.44. The zero-order valence-electron chi connectivity index (χ0n) is 12.5. The van der Waals surface area contributed by atoms with Gasteiger partial charge in [-0.2, -0.15) is 0 Å². The Balaban J connectivity index is 1.65. The highest BCUT2D eigenvalue weighted by molar-refractivity contribution is 5.68. The predicted octanol–water partition coefficient (Wildman–Crippen LogP) is 1.53. The van der Waals surface area contributed by atoms with Crippen LogP contribution in [0.3, 0.4) is 0 Å². The van der Waals surface area contributed by atoms with E-state index >= 15 is 0 Å². The average molecular weight is 293 g/mol. The fourth-order valence-electron chi connectivity index (χ4n) is 3.43. The second-order valence-electron chi connectivity index (χ2n) is 6.12. The molecule has 6 nitrogen and oxygen atoms in total. The van der Waals surface area contributed by atoms with E-state index < -0.39 is 0 Å². The first-order chi connectivity index (χ1) is 10.2. The third kappa shape index (κ3) is 2.91. The van der Waals surface area contributed by atoms with Gasteiger partial charge < -0.3 is 14.1 Å². The Hall–Kier alpha value is -1.53. The summed E-state index contributed by atoms with van der Waals surface area (Å²) in [6.45, 7) is 6.13. The van der Waals surface area contributed by atoms with Gasteiger partial charge in [0, 0.05) is 30.9 Å². The molecule has 2 N–H and O–H groups in total. The molecule has 116 valence electrons. The van der Waals surface area contributed by atoms with Gasteiger partial charge in [0.05, 0.1) is 18.6 Å². The van der Waals surface area contributed by atoms with Gasteiger partial charge in [0.2, 0.25) is 0 Å².